The molecule has 2 atom stereocenters. The summed E-state index contributed by atoms with van der Waals surface area (Å²) in [4.78, 5) is 30.6. The van der Waals surface area contributed by atoms with Gasteiger partial charge >= 0.3 is 0 Å². The van der Waals surface area contributed by atoms with Gasteiger partial charge < -0.3 is 14.5 Å². The molecule has 0 aliphatic carbocycles. The van der Waals surface area contributed by atoms with Crippen molar-refractivity contribution in [1.82, 2.24) is 19.6 Å². The van der Waals surface area contributed by atoms with Crippen LogP contribution in [0.25, 0.3) is 0 Å². The van der Waals surface area contributed by atoms with E-state index >= 15 is 0 Å². The fourth-order valence-electron chi connectivity index (χ4n) is 5.01. The van der Waals surface area contributed by atoms with Gasteiger partial charge in [0, 0.05) is 51.5 Å². The molecule has 4 rings (SSSR count). The zero-order chi connectivity index (χ0) is 24.1. The third-order valence-electron chi connectivity index (χ3n) is 7.04. The van der Waals surface area contributed by atoms with Crippen LogP contribution in [0.15, 0.2) is 36.4 Å². The van der Waals surface area contributed by atoms with Crippen molar-refractivity contribution in [1.29, 1.82) is 0 Å². The standard InChI is InChI=1S/C27H38N4O3/c1-4-31-24(18-23(28-31)20(2)3)27(33)30-16-13-25(34-22-11-7-5-8-12-22)21(19-30)17-26(32)29-14-9-6-10-15-29/h5,7-8,11-12,18,20-21,25H,4,6,9-10,13-17,19H2,1-3H3/t21-,25-/m0/s1. The molecule has 7 nitrogen and oxygen atoms in total. The van der Waals surface area contributed by atoms with E-state index in [0.717, 1.165) is 37.4 Å². The fraction of sp³-hybridized carbons (Fsp3) is 0.593. The molecular formula is C27H38N4O3. The average molecular weight is 467 g/mol. The van der Waals surface area contributed by atoms with Crippen LogP contribution in [0.2, 0.25) is 0 Å². The van der Waals surface area contributed by atoms with Crippen LogP contribution in [0.5, 0.6) is 5.75 Å². The third-order valence-corrected chi connectivity index (χ3v) is 7.04. The predicted octanol–water partition coefficient (Wildman–Crippen LogP) is 4.34. The number of hydrogen-bond donors (Lipinski definition) is 0. The molecule has 0 bridgehead atoms. The van der Waals surface area contributed by atoms with Gasteiger partial charge in [-0.05, 0) is 50.3 Å². The maximum atomic E-state index is 13.5. The van der Waals surface area contributed by atoms with Gasteiger partial charge in [-0.1, -0.05) is 32.0 Å². The van der Waals surface area contributed by atoms with Crippen molar-refractivity contribution in [2.75, 3.05) is 26.2 Å². The minimum atomic E-state index is -0.0949. The molecule has 1 aromatic heterocycles. The summed E-state index contributed by atoms with van der Waals surface area (Å²) in [6.45, 7) is 9.64. The number of ether oxygens (including phenoxy) is 1. The zero-order valence-electron chi connectivity index (χ0n) is 20.8. The van der Waals surface area contributed by atoms with E-state index in [4.69, 9.17) is 4.74 Å². The molecule has 3 heterocycles. The predicted molar refractivity (Wildman–Crippen MR) is 132 cm³/mol. The van der Waals surface area contributed by atoms with E-state index in [1.807, 2.05) is 53.1 Å². The molecule has 34 heavy (non-hydrogen) atoms. The highest BCUT2D eigenvalue weighted by Crippen LogP contribution is 2.28. The molecule has 0 saturated carbocycles. The quantitative estimate of drug-likeness (QED) is 0.609. The van der Waals surface area contributed by atoms with Crippen molar-refractivity contribution in [2.24, 2.45) is 5.92 Å². The van der Waals surface area contributed by atoms with Gasteiger partial charge in [0.05, 0.1) is 5.69 Å². The summed E-state index contributed by atoms with van der Waals surface area (Å²) >= 11 is 0. The van der Waals surface area contributed by atoms with Gasteiger partial charge in [-0.15, -0.1) is 0 Å². The van der Waals surface area contributed by atoms with Crippen molar-refractivity contribution in [2.45, 2.75) is 71.4 Å². The number of likely N-dealkylation sites (tertiary alicyclic amines) is 2. The number of amides is 2. The fourth-order valence-corrected chi connectivity index (χ4v) is 5.01. The Labute approximate surface area is 203 Å². The molecule has 1 aromatic carbocycles. The molecule has 7 heteroatoms. The third kappa shape index (κ3) is 5.62. The molecule has 2 saturated heterocycles. The summed E-state index contributed by atoms with van der Waals surface area (Å²) in [7, 11) is 0. The van der Waals surface area contributed by atoms with Crippen LogP contribution in [0.1, 0.15) is 75.0 Å². The lowest BCUT2D eigenvalue weighted by Crippen LogP contribution is -2.50. The van der Waals surface area contributed by atoms with Crippen molar-refractivity contribution >= 4 is 11.8 Å². The minimum Gasteiger partial charge on any atom is -0.490 e. The highest BCUT2D eigenvalue weighted by molar-refractivity contribution is 5.93. The second-order valence-corrected chi connectivity index (χ2v) is 9.84. The number of hydrogen-bond acceptors (Lipinski definition) is 4. The first kappa shape index (κ1) is 24.3. The Morgan fingerprint density at radius 3 is 2.47 bits per heavy atom. The Kier molecular flexibility index (Phi) is 7.91. The topological polar surface area (TPSA) is 67.7 Å². The SMILES string of the molecule is CCn1nc(C(C)C)cc1C(=O)N1CC[C@H](Oc2ccccc2)[C@@H](CC(=O)N2CCCCC2)C1. The van der Waals surface area contributed by atoms with Crippen LogP contribution in [-0.2, 0) is 11.3 Å². The molecule has 0 radical (unpaired) electrons. The Morgan fingerprint density at radius 2 is 1.79 bits per heavy atom. The van der Waals surface area contributed by atoms with E-state index in [2.05, 4.69) is 18.9 Å². The van der Waals surface area contributed by atoms with Gasteiger partial charge in [-0.2, -0.15) is 5.10 Å². The number of benzene rings is 1. The summed E-state index contributed by atoms with van der Waals surface area (Å²) in [5.74, 6) is 1.21. The van der Waals surface area contributed by atoms with E-state index in [9.17, 15) is 9.59 Å². The van der Waals surface area contributed by atoms with Gasteiger partial charge in [0.2, 0.25) is 5.91 Å². The maximum absolute atomic E-state index is 13.5. The zero-order valence-corrected chi connectivity index (χ0v) is 20.8. The highest BCUT2D eigenvalue weighted by Gasteiger charge is 2.36. The van der Waals surface area contributed by atoms with E-state index in [0.29, 0.717) is 38.2 Å². The molecule has 2 fully saturated rings. The normalized spacial score (nSPS) is 21.1. The van der Waals surface area contributed by atoms with Gasteiger partial charge in [0.15, 0.2) is 0 Å². The largest absolute Gasteiger partial charge is 0.490 e. The van der Waals surface area contributed by atoms with E-state index in [-0.39, 0.29) is 29.8 Å². The second kappa shape index (κ2) is 11.1. The van der Waals surface area contributed by atoms with Crippen molar-refractivity contribution < 1.29 is 14.3 Å². The lowest BCUT2D eigenvalue weighted by atomic mass is 9.90. The van der Waals surface area contributed by atoms with Crippen molar-refractivity contribution in [3.8, 4) is 5.75 Å². The van der Waals surface area contributed by atoms with Crippen LogP contribution in [-0.4, -0.2) is 63.7 Å². The number of carbonyl (C=O) groups is 2. The molecule has 2 aliphatic rings. The van der Waals surface area contributed by atoms with E-state index < -0.39 is 0 Å². The summed E-state index contributed by atoms with van der Waals surface area (Å²) < 4.78 is 8.15. The Morgan fingerprint density at radius 1 is 1.06 bits per heavy atom. The first-order valence-electron chi connectivity index (χ1n) is 12.8. The summed E-state index contributed by atoms with van der Waals surface area (Å²) in [5.41, 5.74) is 1.57. The van der Waals surface area contributed by atoms with Crippen LogP contribution >= 0.6 is 0 Å². The Balaban J connectivity index is 1.51. The number of para-hydroxylation sites is 1. The molecule has 184 valence electrons. The number of carbonyl (C=O) groups excluding carboxylic acids is 2. The van der Waals surface area contributed by atoms with Crippen LogP contribution < -0.4 is 4.74 Å². The molecule has 0 spiro atoms. The number of aryl methyl sites for hydroxylation is 1. The van der Waals surface area contributed by atoms with Gasteiger partial charge in [0.1, 0.15) is 17.5 Å². The summed E-state index contributed by atoms with van der Waals surface area (Å²) in [6.07, 6.45) is 4.36. The van der Waals surface area contributed by atoms with Gasteiger partial charge in [-0.3, -0.25) is 14.3 Å². The van der Waals surface area contributed by atoms with E-state index in [1.165, 1.54) is 6.42 Å². The maximum Gasteiger partial charge on any atom is 0.272 e. The van der Waals surface area contributed by atoms with Crippen LogP contribution in [0.4, 0.5) is 0 Å². The Bertz CT molecular complexity index is 966. The summed E-state index contributed by atoms with van der Waals surface area (Å²) in [6, 6.07) is 11.7. The number of aromatic nitrogens is 2. The van der Waals surface area contributed by atoms with Crippen LogP contribution in [0, 0.1) is 5.92 Å². The molecule has 2 amide bonds. The number of piperidine rings is 2. The van der Waals surface area contributed by atoms with Gasteiger partial charge in [0.25, 0.3) is 5.91 Å². The minimum absolute atomic E-state index is 0.00478. The molecule has 2 aliphatic heterocycles. The van der Waals surface area contributed by atoms with E-state index in [1.54, 1.807) is 4.68 Å². The highest BCUT2D eigenvalue weighted by atomic mass is 16.5. The smallest absolute Gasteiger partial charge is 0.272 e. The van der Waals surface area contributed by atoms with Crippen molar-refractivity contribution in [3.63, 3.8) is 0 Å². The Hall–Kier alpha value is -2.83. The molecule has 0 N–H and O–H groups in total. The van der Waals surface area contributed by atoms with Gasteiger partial charge in [-0.25, -0.2) is 0 Å². The van der Waals surface area contributed by atoms with Crippen molar-refractivity contribution in [3.05, 3.63) is 47.8 Å². The summed E-state index contributed by atoms with van der Waals surface area (Å²) in [5, 5.41) is 4.63. The van der Waals surface area contributed by atoms with Crippen LogP contribution in [0.3, 0.4) is 0 Å². The molecule has 2 aromatic rings. The first-order valence-corrected chi connectivity index (χ1v) is 12.8. The number of nitrogens with zero attached hydrogens (tertiary/aromatic N) is 4. The second-order valence-electron chi connectivity index (χ2n) is 9.84. The molecular weight excluding hydrogens is 428 g/mol. The first-order chi connectivity index (χ1) is 16.5. The average Bonchev–Trinajstić information content (AvgIpc) is 3.31. The monoisotopic (exact) mass is 466 g/mol. The lowest BCUT2D eigenvalue weighted by Gasteiger charge is -2.39. The molecule has 0 unspecified atom stereocenters. The number of rotatable bonds is 7. The lowest BCUT2D eigenvalue weighted by molar-refractivity contribution is -0.134.